The molecule has 2 amide bonds. The topological polar surface area (TPSA) is 49.4 Å². The third-order valence-electron chi connectivity index (χ3n) is 4.40. The molecule has 0 radical (unpaired) electrons. The van der Waals surface area contributed by atoms with E-state index in [-0.39, 0.29) is 11.8 Å². The molecule has 3 rings (SSSR count). The molecule has 0 aliphatic carbocycles. The zero-order valence-corrected chi connectivity index (χ0v) is 14.8. The van der Waals surface area contributed by atoms with Crippen molar-refractivity contribution in [3.8, 4) is 0 Å². The van der Waals surface area contributed by atoms with Crippen molar-refractivity contribution in [3.63, 3.8) is 0 Å². The average Bonchev–Trinajstić information content (AvgIpc) is 3.16. The van der Waals surface area contributed by atoms with Crippen LogP contribution in [0.2, 0.25) is 5.02 Å². The Kier molecular flexibility index (Phi) is 5.71. The van der Waals surface area contributed by atoms with Gasteiger partial charge in [-0.1, -0.05) is 23.7 Å². The van der Waals surface area contributed by atoms with Gasteiger partial charge in [0.1, 0.15) is 0 Å². The number of carbonyl (C=O) groups is 2. The van der Waals surface area contributed by atoms with Crippen LogP contribution in [-0.2, 0) is 11.2 Å². The summed E-state index contributed by atoms with van der Waals surface area (Å²) >= 11 is 5.83. The molecule has 0 spiro atoms. The summed E-state index contributed by atoms with van der Waals surface area (Å²) in [4.78, 5) is 26.2. The average molecular weight is 357 g/mol. The van der Waals surface area contributed by atoms with E-state index in [2.05, 4.69) is 5.32 Å². The third-order valence-corrected chi connectivity index (χ3v) is 4.66. The fourth-order valence-corrected chi connectivity index (χ4v) is 3.06. The number of likely N-dealkylation sites (tertiary alicyclic amines) is 1. The number of aryl methyl sites for hydroxylation is 1. The summed E-state index contributed by atoms with van der Waals surface area (Å²) in [7, 11) is 0. The van der Waals surface area contributed by atoms with Crippen molar-refractivity contribution in [1.82, 2.24) is 4.90 Å². The maximum atomic E-state index is 12.2. The highest BCUT2D eigenvalue weighted by molar-refractivity contribution is 6.30. The van der Waals surface area contributed by atoms with Crippen LogP contribution in [0.5, 0.6) is 0 Å². The number of anilines is 1. The summed E-state index contributed by atoms with van der Waals surface area (Å²) < 4.78 is 0. The van der Waals surface area contributed by atoms with Gasteiger partial charge in [-0.15, -0.1) is 0 Å². The van der Waals surface area contributed by atoms with E-state index in [4.69, 9.17) is 11.6 Å². The number of halogens is 1. The van der Waals surface area contributed by atoms with Crippen LogP contribution < -0.4 is 5.32 Å². The Bertz CT molecular complexity index is 735. The molecule has 2 aromatic rings. The van der Waals surface area contributed by atoms with Crippen molar-refractivity contribution in [2.24, 2.45) is 0 Å². The smallest absolute Gasteiger partial charge is 0.255 e. The zero-order chi connectivity index (χ0) is 17.6. The van der Waals surface area contributed by atoms with Crippen LogP contribution in [0.25, 0.3) is 0 Å². The van der Waals surface area contributed by atoms with Crippen molar-refractivity contribution >= 4 is 29.1 Å². The molecule has 25 heavy (non-hydrogen) atoms. The van der Waals surface area contributed by atoms with Gasteiger partial charge in [0.25, 0.3) is 5.91 Å². The van der Waals surface area contributed by atoms with E-state index >= 15 is 0 Å². The van der Waals surface area contributed by atoms with Gasteiger partial charge in [-0.25, -0.2) is 0 Å². The number of rotatable bonds is 5. The van der Waals surface area contributed by atoms with Crippen LogP contribution in [-0.4, -0.2) is 29.8 Å². The van der Waals surface area contributed by atoms with Gasteiger partial charge >= 0.3 is 0 Å². The summed E-state index contributed by atoms with van der Waals surface area (Å²) in [5, 5.41) is 3.46. The highest BCUT2D eigenvalue weighted by Gasteiger charge is 2.17. The van der Waals surface area contributed by atoms with Gasteiger partial charge in [0.2, 0.25) is 5.91 Å². The Morgan fingerprint density at radius 1 is 0.960 bits per heavy atom. The molecule has 1 aliphatic rings. The number of nitrogens with zero attached hydrogens (tertiary/aromatic N) is 1. The van der Waals surface area contributed by atoms with Crippen LogP contribution in [0.1, 0.15) is 35.2 Å². The first-order valence-electron chi connectivity index (χ1n) is 8.55. The minimum atomic E-state index is -0.173. The maximum Gasteiger partial charge on any atom is 0.255 e. The van der Waals surface area contributed by atoms with Gasteiger partial charge in [0.05, 0.1) is 0 Å². The quantitative estimate of drug-likeness (QED) is 0.875. The lowest BCUT2D eigenvalue weighted by atomic mass is 10.1. The number of nitrogens with one attached hydrogen (secondary N) is 1. The Hall–Kier alpha value is -2.33. The lowest BCUT2D eigenvalue weighted by Gasteiger charge is -2.15. The Morgan fingerprint density at radius 2 is 1.60 bits per heavy atom. The SMILES string of the molecule is O=C(Nc1ccc(CCC(=O)N2CCCC2)cc1)c1ccc(Cl)cc1. The maximum absolute atomic E-state index is 12.2. The number of benzene rings is 2. The standard InChI is InChI=1S/C20H21ClN2O2/c21-17-8-6-16(7-9-17)20(25)22-18-10-3-15(4-11-18)5-12-19(24)23-13-1-2-14-23/h3-4,6-11H,1-2,5,12-14H2,(H,22,25). The summed E-state index contributed by atoms with van der Waals surface area (Å²) in [6.45, 7) is 1.79. The molecule has 1 fully saturated rings. The van der Waals surface area contributed by atoms with Gasteiger partial charge < -0.3 is 10.2 Å². The molecule has 1 saturated heterocycles. The predicted octanol–water partition coefficient (Wildman–Crippen LogP) is 4.15. The number of hydrogen-bond donors (Lipinski definition) is 1. The fourth-order valence-electron chi connectivity index (χ4n) is 2.94. The molecule has 0 bridgehead atoms. The van der Waals surface area contributed by atoms with Crippen molar-refractivity contribution in [2.45, 2.75) is 25.7 Å². The molecule has 130 valence electrons. The summed E-state index contributed by atoms with van der Waals surface area (Å²) in [5.41, 5.74) is 2.39. The van der Waals surface area contributed by atoms with Gasteiger partial charge in [-0.05, 0) is 61.2 Å². The van der Waals surface area contributed by atoms with Crippen LogP contribution in [0.3, 0.4) is 0 Å². The molecule has 1 aliphatic heterocycles. The molecule has 0 unspecified atom stereocenters. The Balaban J connectivity index is 1.52. The molecule has 1 N–H and O–H groups in total. The van der Waals surface area contributed by atoms with Crippen LogP contribution in [0, 0.1) is 0 Å². The molecule has 1 heterocycles. The van der Waals surface area contributed by atoms with E-state index in [1.54, 1.807) is 24.3 Å². The third kappa shape index (κ3) is 4.83. The van der Waals surface area contributed by atoms with E-state index in [1.807, 2.05) is 29.2 Å². The minimum absolute atomic E-state index is 0.173. The molecule has 5 heteroatoms. The highest BCUT2D eigenvalue weighted by atomic mass is 35.5. The second kappa shape index (κ2) is 8.17. The first-order valence-corrected chi connectivity index (χ1v) is 8.93. The lowest BCUT2D eigenvalue weighted by Crippen LogP contribution is -2.27. The van der Waals surface area contributed by atoms with Crippen LogP contribution >= 0.6 is 11.6 Å². The Morgan fingerprint density at radius 3 is 2.24 bits per heavy atom. The summed E-state index contributed by atoms with van der Waals surface area (Å²) in [6, 6.07) is 14.4. The molecule has 4 nitrogen and oxygen atoms in total. The van der Waals surface area contributed by atoms with Gasteiger partial charge in [0, 0.05) is 35.8 Å². The summed E-state index contributed by atoms with van der Waals surface area (Å²) in [6.07, 6.45) is 3.50. The van der Waals surface area contributed by atoms with Crippen molar-refractivity contribution in [1.29, 1.82) is 0 Å². The molecule has 0 atom stereocenters. The van der Waals surface area contributed by atoms with E-state index in [0.29, 0.717) is 17.0 Å². The minimum Gasteiger partial charge on any atom is -0.343 e. The molecular formula is C20H21ClN2O2. The van der Waals surface area contributed by atoms with Crippen molar-refractivity contribution in [2.75, 3.05) is 18.4 Å². The second-order valence-electron chi connectivity index (χ2n) is 6.25. The van der Waals surface area contributed by atoms with Gasteiger partial charge in [-0.2, -0.15) is 0 Å². The zero-order valence-electron chi connectivity index (χ0n) is 14.0. The second-order valence-corrected chi connectivity index (χ2v) is 6.68. The molecule has 0 aromatic heterocycles. The Labute approximate surface area is 152 Å². The van der Waals surface area contributed by atoms with E-state index < -0.39 is 0 Å². The van der Waals surface area contributed by atoms with E-state index in [0.717, 1.165) is 43.6 Å². The highest BCUT2D eigenvalue weighted by Crippen LogP contribution is 2.15. The van der Waals surface area contributed by atoms with Gasteiger partial charge in [0.15, 0.2) is 0 Å². The monoisotopic (exact) mass is 356 g/mol. The number of carbonyl (C=O) groups excluding carboxylic acids is 2. The largest absolute Gasteiger partial charge is 0.343 e. The number of amides is 2. The first kappa shape index (κ1) is 17.5. The van der Waals surface area contributed by atoms with Crippen LogP contribution in [0.15, 0.2) is 48.5 Å². The van der Waals surface area contributed by atoms with Gasteiger partial charge in [-0.3, -0.25) is 9.59 Å². The lowest BCUT2D eigenvalue weighted by molar-refractivity contribution is -0.130. The molecular weight excluding hydrogens is 336 g/mol. The van der Waals surface area contributed by atoms with Crippen molar-refractivity contribution < 1.29 is 9.59 Å². The molecule has 0 saturated carbocycles. The molecule has 2 aromatic carbocycles. The predicted molar refractivity (Wildman–Crippen MR) is 100.0 cm³/mol. The fraction of sp³-hybridized carbons (Fsp3) is 0.300. The van der Waals surface area contributed by atoms with Crippen molar-refractivity contribution in [3.05, 3.63) is 64.7 Å². The van der Waals surface area contributed by atoms with E-state index in [9.17, 15) is 9.59 Å². The number of hydrogen-bond acceptors (Lipinski definition) is 2. The first-order chi connectivity index (χ1) is 12.1. The summed E-state index contributed by atoms with van der Waals surface area (Å²) in [5.74, 6) is 0.0613. The van der Waals surface area contributed by atoms with Crippen LogP contribution in [0.4, 0.5) is 5.69 Å². The van der Waals surface area contributed by atoms with E-state index in [1.165, 1.54) is 0 Å². The normalized spacial score (nSPS) is 13.7.